The summed E-state index contributed by atoms with van der Waals surface area (Å²) in [7, 11) is 0. The molecule has 0 bridgehead atoms. The summed E-state index contributed by atoms with van der Waals surface area (Å²) in [6.07, 6.45) is 3.76. The van der Waals surface area contributed by atoms with Crippen LogP contribution in [-0.2, 0) is 13.0 Å². The number of rotatable bonds is 3. The van der Waals surface area contributed by atoms with Crippen molar-refractivity contribution in [3.63, 3.8) is 0 Å². The molecule has 0 unspecified atom stereocenters. The Morgan fingerprint density at radius 1 is 0.970 bits per heavy atom. The number of nitrogens with zero attached hydrogens (tertiary/aromatic N) is 4. The molecule has 0 saturated heterocycles. The number of carbonyl (C=O) groups excluding carboxylic acids is 2. The molecular weight excluding hydrogens is 428 g/mol. The van der Waals surface area contributed by atoms with Crippen LogP contribution in [-0.4, -0.2) is 38.2 Å². The molecule has 0 spiro atoms. The summed E-state index contributed by atoms with van der Waals surface area (Å²) in [5, 5.41) is 3.39. The Morgan fingerprint density at radius 3 is 2.67 bits per heavy atom. The highest BCUT2D eigenvalue weighted by atomic mass is 19.2. The van der Waals surface area contributed by atoms with Crippen LogP contribution in [0.2, 0.25) is 0 Å². The van der Waals surface area contributed by atoms with Crippen molar-refractivity contribution in [1.82, 2.24) is 19.9 Å². The number of halogens is 2. The van der Waals surface area contributed by atoms with Gasteiger partial charge in [-0.3, -0.25) is 19.9 Å². The predicted molar refractivity (Wildman–Crippen MR) is 117 cm³/mol. The van der Waals surface area contributed by atoms with Crippen LogP contribution in [0.3, 0.4) is 0 Å². The second-order valence-corrected chi connectivity index (χ2v) is 7.64. The molecule has 0 fully saturated rings. The van der Waals surface area contributed by atoms with Crippen LogP contribution in [0.1, 0.15) is 32.0 Å². The van der Waals surface area contributed by atoms with E-state index in [1.165, 1.54) is 6.07 Å². The minimum Gasteiger partial charge on any atom is -0.334 e. The normalized spacial score (nSPS) is 13.0. The molecule has 164 valence electrons. The highest BCUT2D eigenvalue weighted by Crippen LogP contribution is 2.22. The zero-order chi connectivity index (χ0) is 22.9. The van der Waals surface area contributed by atoms with Crippen LogP contribution in [0, 0.1) is 11.6 Å². The van der Waals surface area contributed by atoms with E-state index in [1.54, 1.807) is 23.4 Å². The molecule has 2 aromatic heterocycles. The van der Waals surface area contributed by atoms with E-state index in [1.807, 2.05) is 24.3 Å². The number of benzene rings is 2. The molecule has 4 aromatic rings. The molecule has 7 nitrogen and oxygen atoms in total. The van der Waals surface area contributed by atoms with Crippen molar-refractivity contribution in [3.05, 3.63) is 94.9 Å². The van der Waals surface area contributed by atoms with E-state index in [2.05, 4.69) is 20.3 Å². The highest BCUT2D eigenvalue weighted by molar-refractivity contribution is 6.03. The van der Waals surface area contributed by atoms with Crippen LogP contribution in [0.4, 0.5) is 14.7 Å². The molecule has 5 rings (SSSR count). The number of carbonyl (C=O) groups is 2. The van der Waals surface area contributed by atoms with Crippen molar-refractivity contribution in [1.29, 1.82) is 0 Å². The van der Waals surface area contributed by atoms with Crippen molar-refractivity contribution in [3.8, 4) is 0 Å². The fourth-order valence-electron chi connectivity index (χ4n) is 3.75. The molecule has 0 saturated carbocycles. The lowest BCUT2D eigenvalue weighted by molar-refractivity contribution is 0.0733. The summed E-state index contributed by atoms with van der Waals surface area (Å²) in [5.74, 6) is -2.82. The molecule has 0 radical (unpaired) electrons. The van der Waals surface area contributed by atoms with Crippen molar-refractivity contribution < 1.29 is 18.4 Å². The average molecular weight is 445 g/mol. The minimum atomic E-state index is -1.11. The predicted octanol–water partition coefficient (Wildman–Crippen LogP) is 3.75. The van der Waals surface area contributed by atoms with Gasteiger partial charge in [0.05, 0.1) is 11.2 Å². The van der Waals surface area contributed by atoms with Gasteiger partial charge in [0.2, 0.25) is 5.95 Å². The first-order valence-electron chi connectivity index (χ1n) is 10.2. The van der Waals surface area contributed by atoms with E-state index >= 15 is 0 Å². The molecule has 33 heavy (non-hydrogen) atoms. The van der Waals surface area contributed by atoms with E-state index in [0.717, 1.165) is 34.3 Å². The van der Waals surface area contributed by atoms with Gasteiger partial charge in [0.15, 0.2) is 11.6 Å². The average Bonchev–Trinajstić information content (AvgIpc) is 2.84. The summed E-state index contributed by atoms with van der Waals surface area (Å²) in [4.78, 5) is 39.8. The number of aromatic nitrogens is 3. The first-order chi connectivity index (χ1) is 16.0. The van der Waals surface area contributed by atoms with Gasteiger partial charge >= 0.3 is 0 Å². The van der Waals surface area contributed by atoms with Crippen molar-refractivity contribution >= 4 is 28.7 Å². The van der Waals surface area contributed by atoms with Gasteiger partial charge in [0.25, 0.3) is 11.8 Å². The fraction of sp³-hybridized carbons (Fsp3) is 0.125. The third kappa shape index (κ3) is 4.12. The molecular formula is C24H17F2N5O2. The maximum absolute atomic E-state index is 13.4. The third-order valence-corrected chi connectivity index (χ3v) is 5.48. The Bertz CT molecular complexity index is 1410. The highest BCUT2D eigenvalue weighted by Gasteiger charge is 2.24. The zero-order valence-corrected chi connectivity index (χ0v) is 17.3. The molecule has 0 aliphatic carbocycles. The number of fused-ring (bicyclic) bond motifs is 2. The van der Waals surface area contributed by atoms with Gasteiger partial charge in [0.1, 0.15) is 0 Å². The third-order valence-electron chi connectivity index (χ3n) is 5.48. The molecule has 1 aliphatic heterocycles. The lowest BCUT2D eigenvalue weighted by Crippen LogP contribution is -2.36. The first kappa shape index (κ1) is 20.6. The minimum absolute atomic E-state index is 0.0439. The van der Waals surface area contributed by atoms with Crippen molar-refractivity contribution in [2.45, 2.75) is 13.0 Å². The summed E-state index contributed by atoms with van der Waals surface area (Å²) < 4.78 is 26.5. The van der Waals surface area contributed by atoms with Crippen molar-refractivity contribution in [2.24, 2.45) is 0 Å². The number of anilines is 1. The first-order valence-corrected chi connectivity index (χ1v) is 10.2. The summed E-state index contributed by atoms with van der Waals surface area (Å²) in [6.45, 7) is 0.807. The molecule has 1 N–H and O–H groups in total. The van der Waals surface area contributed by atoms with Gasteiger partial charge in [0, 0.05) is 54.0 Å². The summed E-state index contributed by atoms with van der Waals surface area (Å²) in [5.41, 5.74) is 2.86. The number of hydrogen-bond acceptors (Lipinski definition) is 5. The monoisotopic (exact) mass is 445 g/mol. The number of amides is 2. The van der Waals surface area contributed by atoms with E-state index in [4.69, 9.17) is 0 Å². The van der Waals surface area contributed by atoms with Gasteiger partial charge in [-0.2, -0.15) is 0 Å². The smallest absolute Gasteiger partial charge is 0.258 e. The zero-order valence-electron chi connectivity index (χ0n) is 17.3. The van der Waals surface area contributed by atoms with E-state index in [9.17, 15) is 18.4 Å². The topological polar surface area (TPSA) is 88.1 Å². The van der Waals surface area contributed by atoms with Crippen molar-refractivity contribution in [2.75, 3.05) is 11.9 Å². The van der Waals surface area contributed by atoms with Gasteiger partial charge in [-0.15, -0.1) is 0 Å². The summed E-state index contributed by atoms with van der Waals surface area (Å²) >= 11 is 0. The Hall–Kier alpha value is -4.27. The molecule has 9 heteroatoms. The Balaban J connectivity index is 1.30. The Labute approximate surface area is 187 Å². The Kier molecular flexibility index (Phi) is 5.21. The maximum atomic E-state index is 13.4. The standard InChI is InChI=1S/C24H17F2N5O2/c25-18-5-3-15(11-19(18)26)22(32)30-24-28-12-17-13-31(9-7-21(17)29-24)23(33)16-4-6-20-14(10-16)2-1-8-27-20/h1-6,8,10-12H,7,9,13H2,(H,28,29,30,32). The van der Waals surface area contributed by atoms with Gasteiger partial charge in [-0.05, 0) is 42.5 Å². The molecule has 0 atom stereocenters. The Morgan fingerprint density at radius 2 is 1.82 bits per heavy atom. The quantitative estimate of drug-likeness (QED) is 0.519. The fourth-order valence-corrected chi connectivity index (χ4v) is 3.75. The maximum Gasteiger partial charge on any atom is 0.258 e. The molecule has 2 amide bonds. The SMILES string of the molecule is O=C(Nc1ncc2c(n1)CCN(C(=O)c1ccc3ncccc3c1)C2)c1ccc(F)c(F)c1. The number of hydrogen-bond donors (Lipinski definition) is 1. The van der Waals surface area contributed by atoms with Crippen LogP contribution < -0.4 is 5.32 Å². The largest absolute Gasteiger partial charge is 0.334 e. The lowest BCUT2D eigenvalue weighted by atomic mass is 10.0. The van der Waals surface area contributed by atoms with Crippen LogP contribution in [0.25, 0.3) is 10.9 Å². The van der Waals surface area contributed by atoms with Gasteiger partial charge in [-0.1, -0.05) is 6.07 Å². The number of nitrogens with one attached hydrogen (secondary N) is 1. The van der Waals surface area contributed by atoms with Crippen LogP contribution in [0.5, 0.6) is 0 Å². The van der Waals surface area contributed by atoms with E-state index in [0.29, 0.717) is 25.1 Å². The lowest BCUT2D eigenvalue weighted by Gasteiger charge is -2.28. The number of pyridine rings is 1. The molecule has 3 heterocycles. The summed E-state index contributed by atoms with van der Waals surface area (Å²) in [6, 6.07) is 12.0. The molecule has 2 aromatic carbocycles. The van der Waals surface area contributed by atoms with E-state index in [-0.39, 0.29) is 17.4 Å². The van der Waals surface area contributed by atoms with Crippen LogP contribution >= 0.6 is 0 Å². The van der Waals surface area contributed by atoms with Gasteiger partial charge < -0.3 is 4.90 Å². The van der Waals surface area contributed by atoms with E-state index < -0.39 is 17.5 Å². The van der Waals surface area contributed by atoms with Gasteiger partial charge in [-0.25, -0.2) is 18.7 Å². The molecule has 1 aliphatic rings. The second kappa shape index (κ2) is 8.34. The van der Waals surface area contributed by atoms with Crippen LogP contribution in [0.15, 0.2) is 60.9 Å². The second-order valence-electron chi connectivity index (χ2n) is 7.64.